The van der Waals surface area contributed by atoms with Crippen molar-refractivity contribution in [2.45, 2.75) is 43.5 Å². The third-order valence-corrected chi connectivity index (χ3v) is 6.13. The molecule has 4 rings (SSSR count). The number of hydrogen-bond donors (Lipinski definition) is 1. The monoisotopic (exact) mass is 367 g/mol. The van der Waals surface area contributed by atoms with Crippen molar-refractivity contribution >= 4 is 22.9 Å². The maximum Gasteiger partial charge on any atom is 0.286 e. The highest BCUT2D eigenvalue weighted by molar-refractivity contribution is 8.15. The summed E-state index contributed by atoms with van der Waals surface area (Å²) in [6, 6.07) is 16.6. The van der Waals surface area contributed by atoms with E-state index >= 15 is 0 Å². The maximum absolute atomic E-state index is 11.8. The Morgan fingerprint density at radius 2 is 1.92 bits per heavy atom. The lowest BCUT2D eigenvalue weighted by Crippen LogP contribution is -2.40. The number of nitrogens with one attached hydrogen (secondary N) is 1. The van der Waals surface area contributed by atoms with Crippen LogP contribution in [0, 0.1) is 0 Å². The van der Waals surface area contributed by atoms with Crippen LogP contribution >= 0.6 is 11.8 Å². The molecule has 5 heteroatoms. The van der Waals surface area contributed by atoms with E-state index in [9.17, 15) is 9.59 Å². The van der Waals surface area contributed by atoms with Gasteiger partial charge in [-0.3, -0.25) is 14.9 Å². The molecule has 0 bridgehead atoms. The molecular weight excluding hydrogens is 346 g/mol. The van der Waals surface area contributed by atoms with Crippen molar-refractivity contribution in [1.82, 2.24) is 5.32 Å². The second kappa shape index (κ2) is 6.47. The molecule has 4 nitrogen and oxygen atoms in total. The van der Waals surface area contributed by atoms with E-state index in [1.165, 1.54) is 5.56 Å². The van der Waals surface area contributed by atoms with Gasteiger partial charge in [-0.15, -0.1) is 0 Å². The van der Waals surface area contributed by atoms with Gasteiger partial charge in [0.25, 0.3) is 5.24 Å². The van der Waals surface area contributed by atoms with Crippen LogP contribution in [-0.4, -0.2) is 22.0 Å². The van der Waals surface area contributed by atoms with Gasteiger partial charge in [-0.25, -0.2) is 0 Å². The summed E-state index contributed by atoms with van der Waals surface area (Å²) in [5.41, 5.74) is 3.19. The number of fused-ring (bicyclic) bond motifs is 1. The summed E-state index contributed by atoms with van der Waals surface area (Å²) in [5.74, 6) is 0.972. The molecule has 134 valence electrons. The third kappa shape index (κ3) is 3.23. The Balaban J connectivity index is 1.60. The normalized spacial score (nSPS) is 23.9. The van der Waals surface area contributed by atoms with Gasteiger partial charge >= 0.3 is 0 Å². The molecule has 2 amide bonds. The van der Waals surface area contributed by atoms with E-state index in [0.29, 0.717) is 6.42 Å². The minimum atomic E-state index is -0.341. The molecule has 0 radical (unpaired) electrons. The van der Waals surface area contributed by atoms with Crippen LogP contribution < -0.4 is 10.1 Å². The number of ether oxygens (including phenoxy) is 1. The molecule has 0 aliphatic carbocycles. The predicted octanol–water partition coefficient (Wildman–Crippen LogP) is 4.08. The molecule has 1 fully saturated rings. The van der Waals surface area contributed by atoms with Crippen LogP contribution in [0.4, 0.5) is 4.79 Å². The van der Waals surface area contributed by atoms with E-state index in [2.05, 4.69) is 49.5 Å². The number of thioether (sulfide) groups is 1. The summed E-state index contributed by atoms with van der Waals surface area (Å²) >= 11 is 1.07. The van der Waals surface area contributed by atoms with Crippen molar-refractivity contribution in [3.8, 4) is 5.75 Å². The van der Waals surface area contributed by atoms with Crippen LogP contribution in [0.25, 0.3) is 0 Å². The van der Waals surface area contributed by atoms with E-state index in [1.807, 2.05) is 18.2 Å². The van der Waals surface area contributed by atoms with Crippen LogP contribution in [0.15, 0.2) is 48.5 Å². The Morgan fingerprint density at radius 3 is 2.62 bits per heavy atom. The summed E-state index contributed by atoms with van der Waals surface area (Å²) < 4.78 is 6.31. The number of rotatable bonds is 3. The molecule has 2 unspecified atom stereocenters. The van der Waals surface area contributed by atoms with Gasteiger partial charge in [-0.2, -0.15) is 0 Å². The molecule has 2 atom stereocenters. The highest BCUT2D eigenvalue weighted by Gasteiger charge is 2.38. The second-order valence-corrected chi connectivity index (χ2v) is 8.58. The van der Waals surface area contributed by atoms with Gasteiger partial charge < -0.3 is 4.74 Å². The van der Waals surface area contributed by atoms with Crippen molar-refractivity contribution in [3.05, 3.63) is 65.2 Å². The minimum absolute atomic E-state index is 0.197. The first-order valence-electron chi connectivity index (χ1n) is 8.79. The Hall–Kier alpha value is -2.27. The molecule has 2 aromatic carbocycles. The Kier molecular flexibility index (Phi) is 4.27. The van der Waals surface area contributed by atoms with Crippen LogP contribution in [-0.2, 0) is 17.6 Å². The summed E-state index contributed by atoms with van der Waals surface area (Å²) in [6.45, 7) is 4.26. The molecule has 0 spiro atoms. The standard InChI is InChI=1S/C21H21NO3S/c1-21(2)16(14-6-4-3-5-7-14)12-15-10-13(8-9-17(15)25-21)11-18-19(23)22-20(24)26-18/h3-10,16,18H,11-12H2,1-2H3,(H,22,23,24). The predicted molar refractivity (Wildman–Crippen MR) is 103 cm³/mol. The lowest BCUT2D eigenvalue weighted by Gasteiger charge is -2.40. The molecule has 1 saturated heterocycles. The van der Waals surface area contributed by atoms with Crippen molar-refractivity contribution in [3.63, 3.8) is 0 Å². The third-order valence-electron chi connectivity index (χ3n) is 5.15. The smallest absolute Gasteiger partial charge is 0.286 e. The van der Waals surface area contributed by atoms with E-state index in [0.717, 1.165) is 35.1 Å². The fraction of sp³-hybridized carbons (Fsp3) is 0.333. The average Bonchev–Trinajstić information content (AvgIpc) is 2.92. The van der Waals surface area contributed by atoms with Crippen LogP contribution in [0.5, 0.6) is 5.75 Å². The second-order valence-electron chi connectivity index (χ2n) is 7.40. The van der Waals surface area contributed by atoms with Crippen molar-refractivity contribution in [1.29, 1.82) is 0 Å². The zero-order valence-electron chi connectivity index (χ0n) is 14.8. The average molecular weight is 367 g/mol. The van der Waals surface area contributed by atoms with Crippen LogP contribution in [0.1, 0.15) is 36.5 Å². The summed E-state index contributed by atoms with van der Waals surface area (Å²) in [7, 11) is 0. The molecule has 26 heavy (non-hydrogen) atoms. The maximum atomic E-state index is 11.8. The number of imide groups is 1. The van der Waals surface area contributed by atoms with Crippen LogP contribution in [0.3, 0.4) is 0 Å². The van der Waals surface area contributed by atoms with Gasteiger partial charge in [0.2, 0.25) is 5.91 Å². The summed E-state index contributed by atoms with van der Waals surface area (Å²) in [5, 5.41) is 1.75. The van der Waals surface area contributed by atoms with E-state index in [-0.39, 0.29) is 27.9 Å². The van der Waals surface area contributed by atoms with Gasteiger partial charge in [-0.1, -0.05) is 54.2 Å². The molecule has 1 N–H and O–H groups in total. The number of carbonyl (C=O) groups excluding carboxylic acids is 2. The zero-order chi connectivity index (χ0) is 18.3. The Bertz CT molecular complexity index is 863. The van der Waals surface area contributed by atoms with Gasteiger partial charge in [0.1, 0.15) is 11.4 Å². The van der Waals surface area contributed by atoms with Crippen molar-refractivity contribution < 1.29 is 14.3 Å². The number of amides is 2. The zero-order valence-corrected chi connectivity index (χ0v) is 15.6. The van der Waals surface area contributed by atoms with Gasteiger partial charge in [0, 0.05) is 5.92 Å². The number of hydrogen-bond acceptors (Lipinski definition) is 4. The Morgan fingerprint density at radius 1 is 1.15 bits per heavy atom. The largest absolute Gasteiger partial charge is 0.487 e. The molecular formula is C21H21NO3S. The molecule has 2 aliphatic heterocycles. The first-order chi connectivity index (χ1) is 12.4. The minimum Gasteiger partial charge on any atom is -0.487 e. The number of carbonyl (C=O) groups is 2. The highest BCUT2D eigenvalue weighted by atomic mass is 32.2. The SMILES string of the molecule is CC1(C)Oc2ccc(CC3SC(=O)NC3=O)cc2CC1c1ccccc1. The molecule has 2 heterocycles. The van der Waals surface area contributed by atoms with E-state index in [4.69, 9.17) is 4.74 Å². The lowest BCUT2D eigenvalue weighted by atomic mass is 9.77. The fourth-order valence-corrected chi connectivity index (χ4v) is 4.65. The van der Waals surface area contributed by atoms with Gasteiger partial charge in [0.15, 0.2) is 0 Å². The first-order valence-corrected chi connectivity index (χ1v) is 9.67. The van der Waals surface area contributed by atoms with Gasteiger partial charge in [0.05, 0.1) is 5.25 Å². The van der Waals surface area contributed by atoms with Gasteiger partial charge in [-0.05, 0) is 49.4 Å². The van der Waals surface area contributed by atoms with Crippen molar-refractivity contribution in [2.24, 2.45) is 0 Å². The molecule has 2 aromatic rings. The summed E-state index contributed by atoms with van der Waals surface area (Å²) in [6.07, 6.45) is 1.44. The Labute approximate surface area is 157 Å². The first kappa shape index (κ1) is 17.2. The van der Waals surface area contributed by atoms with Crippen LogP contribution in [0.2, 0.25) is 0 Å². The number of benzene rings is 2. The molecule has 0 saturated carbocycles. The molecule has 0 aromatic heterocycles. The van der Waals surface area contributed by atoms with E-state index in [1.54, 1.807) is 0 Å². The molecule has 2 aliphatic rings. The summed E-state index contributed by atoms with van der Waals surface area (Å²) in [4.78, 5) is 23.2. The van der Waals surface area contributed by atoms with E-state index < -0.39 is 0 Å². The van der Waals surface area contributed by atoms with Crippen molar-refractivity contribution in [2.75, 3.05) is 0 Å². The fourth-order valence-electron chi connectivity index (χ4n) is 3.79. The highest BCUT2D eigenvalue weighted by Crippen LogP contribution is 2.42. The quantitative estimate of drug-likeness (QED) is 0.888. The lowest BCUT2D eigenvalue weighted by molar-refractivity contribution is -0.118. The topological polar surface area (TPSA) is 55.4 Å².